The van der Waals surface area contributed by atoms with E-state index in [2.05, 4.69) is 12.1 Å². The van der Waals surface area contributed by atoms with Crippen LogP contribution < -0.4 is 4.74 Å². The largest absolute Gasteiger partial charge is 0.489 e. The maximum absolute atomic E-state index is 5.87. The number of hydrogen-bond acceptors (Lipinski definition) is 3. The molecule has 3 nitrogen and oxygen atoms in total. The van der Waals surface area contributed by atoms with Gasteiger partial charge in [-0.1, -0.05) is 60.7 Å². The monoisotopic (exact) mass is 288 g/mol. The third kappa shape index (κ3) is 2.35. The average molecular weight is 288 g/mol. The molecule has 0 N–H and O–H groups in total. The van der Waals surface area contributed by atoms with Gasteiger partial charge in [0.1, 0.15) is 5.69 Å². The van der Waals surface area contributed by atoms with Gasteiger partial charge in [-0.3, -0.25) is 0 Å². The molecule has 2 aromatic carbocycles. The van der Waals surface area contributed by atoms with Crippen molar-refractivity contribution in [2.24, 2.45) is 0 Å². The maximum atomic E-state index is 5.87. The molecule has 0 saturated heterocycles. The molecule has 0 atom stereocenters. The Balaban J connectivity index is 1.92. The van der Waals surface area contributed by atoms with Crippen molar-refractivity contribution in [3.05, 3.63) is 66.4 Å². The van der Waals surface area contributed by atoms with E-state index in [0.29, 0.717) is 0 Å². The predicted octanol–water partition coefficient (Wildman–Crippen LogP) is 4.14. The Hall–Kier alpha value is -2.68. The van der Waals surface area contributed by atoms with Crippen LogP contribution in [-0.4, -0.2) is 16.6 Å². The molecule has 0 radical (unpaired) electrons. The Kier molecular flexibility index (Phi) is 3.31. The lowest BCUT2D eigenvalue weighted by atomic mass is 10.1. The van der Waals surface area contributed by atoms with Gasteiger partial charge < -0.3 is 4.74 Å². The second kappa shape index (κ2) is 5.60. The zero-order valence-electron chi connectivity index (χ0n) is 12.2. The number of rotatable bonds is 2. The molecular formula is C19H16N2O. The molecular weight excluding hydrogens is 272 g/mol. The lowest BCUT2D eigenvalue weighted by molar-refractivity contribution is 0.285. The third-order valence-corrected chi connectivity index (χ3v) is 3.82. The van der Waals surface area contributed by atoms with Crippen molar-refractivity contribution >= 4 is 0 Å². The molecule has 0 fully saturated rings. The van der Waals surface area contributed by atoms with Gasteiger partial charge >= 0.3 is 0 Å². The minimum Gasteiger partial charge on any atom is -0.489 e. The fourth-order valence-electron chi connectivity index (χ4n) is 2.74. The van der Waals surface area contributed by atoms with Crippen LogP contribution in [0.2, 0.25) is 0 Å². The summed E-state index contributed by atoms with van der Waals surface area (Å²) in [6.07, 6.45) is 1.95. The van der Waals surface area contributed by atoms with Crippen molar-refractivity contribution in [2.75, 3.05) is 6.61 Å². The number of nitrogens with zero attached hydrogens (tertiary/aromatic N) is 2. The highest BCUT2D eigenvalue weighted by Gasteiger charge is 2.20. The molecule has 0 saturated carbocycles. The molecule has 4 rings (SSSR count). The summed E-state index contributed by atoms with van der Waals surface area (Å²) >= 11 is 0. The van der Waals surface area contributed by atoms with Gasteiger partial charge in [0.25, 0.3) is 0 Å². The van der Waals surface area contributed by atoms with Gasteiger partial charge in [-0.05, 0) is 12.8 Å². The van der Waals surface area contributed by atoms with E-state index in [1.807, 2.05) is 48.5 Å². The van der Waals surface area contributed by atoms with E-state index in [0.717, 1.165) is 53.5 Å². The van der Waals surface area contributed by atoms with Crippen molar-refractivity contribution in [2.45, 2.75) is 12.8 Å². The van der Waals surface area contributed by atoms with E-state index in [9.17, 15) is 0 Å². The molecule has 2 heterocycles. The Labute approximate surface area is 129 Å². The summed E-state index contributed by atoms with van der Waals surface area (Å²) in [4.78, 5) is 9.52. The molecule has 108 valence electrons. The lowest BCUT2D eigenvalue weighted by Crippen LogP contribution is -2.13. The Bertz CT molecular complexity index is 785. The molecule has 3 heteroatoms. The predicted molar refractivity (Wildman–Crippen MR) is 86.7 cm³/mol. The van der Waals surface area contributed by atoms with Crippen LogP contribution in [0.5, 0.6) is 5.75 Å². The highest BCUT2D eigenvalue weighted by Crippen LogP contribution is 2.35. The van der Waals surface area contributed by atoms with Gasteiger partial charge in [0.15, 0.2) is 11.6 Å². The average Bonchev–Trinajstić information content (AvgIpc) is 2.62. The van der Waals surface area contributed by atoms with E-state index in [1.54, 1.807) is 0 Å². The summed E-state index contributed by atoms with van der Waals surface area (Å²) in [5.74, 6) is 1.61. The van der Waals surface area contributed by atoms with Gasteiger partial charge in [0.2, 0.25) is 0 Å². The van der Waals surface area contributed by atoms with Crippen LogP contribution in [-0.2, 0) is 6.42 Å². The molecule has 1 aliphatic heterocycles. The number of benzene rings is 2. The Morgan fingerprint density at radius 2 is 1.45 bits per heavy atom. The van der Waals surface area contributed by atoms with Crippen molar-refractivity contribution in [3.63, 3.8) is 0 Å². The summed E-state index contributed by atoms with van der Waals surface area (Å²) in [6, 6.07) is 20.3. The normalized spacial score (nSPS) is 13.3. The van der Waals surface area contributed by atoms with Crippen LogP contribution >= 0.6 is 0 Å². The number of hydrogen-bond donors (Lipinski definition) is 0. The van der Waals surface area contributed by atoms with Crippen LogP contribution in [0.15, 0.2) is 60.7 Å². The molecule has 1 aromatic heterocycles. The maximum Gasteiger partial charge on any atom is 0.167 e. The highest BCUT2D eigenvalue weighted by molar-refractivity contribution is 5.70. The lowest BCUT2D eigenvalue weighted by Gasteiger charge is -2.20. The first kappa shape index (κ1) is 13.0. The van der Waals surface area contributed by atoms with E-state index in [1.165, 1.54) is 0 Å². The summed E-state index contributed by atoms with van der Waals surface area (Å²) < 4.78 is 5.87. The molecule has 0 amide bonds. The molecule has 0 unspecified atom stereocenters. The quantitative estimate of drug-likeness (QED) is 0.711. The first-order valence-corrected chi connectivity index (χ1v) is 7.56. The molecule has 3 aromatic rings. The summed E-state index contributed by atoms with van der Waals surface area (Å²) in [7, 11) is 0. The van der Waals surface area contributed by atoms with Crippen LogP contribution in [0, 0.1) is 0 Å². The van der Waals surface area contributed by atoms with E-state index < -0.39 is 0 Å². The Morgan fingerprint density at radius 3 is 2.18 bits per heavy atom. The van der Waals surface area contributed by atoms with Gasteiger partial charge in [-0.25, -0.2) is 9.97 Å². The fourth-order valence-corrected chi connectivity index (χ4v) is 2.74. The van der Waals surface area contributed by atoms with Crippen LogP contribution in [0.1, 0.15) is 12.1 Å². The number of aromatic nitrogens is 2. The number of aryl methyl sites for hydroxylation is 1. The van der Waals surface area contributed by atoms with E-state index >= 15 is 0 Å². The molecule has 0 bridgehead atoms. The minimum absolute atomic E-state index is 0.737. The first-order valence-electron chi connectivity index (χ1n) is 7.56. The third-order valence-electron chi connectivity index (χ3n) is 3.82. The summed E-state index contributed by atoms with van der Waals surface area (Å²) in [6.45, 7) is 0.737. The van der Waals surface area contributed by atoms with E-state index in [-0.39, 0.29) is 0 Å². The van der Waals surface area contributed by atoms with Gasteiger partial charge in [0.05, 0.1) is 12.3 Å². The molecule has 0 spiro atoms. The Morgan fingerprint density at radius 1 is 0.773 bits per heavy atom. The molecule has 22 heavy (non-hydrogen) atoms. The highest BCUT2D eigenvalue weighted by atomic mass is 16.5. The van der Waals surface area contributed by atoms with Crippen molar-refractivity contribution in [3.8, 4) is 28.4 Å². The first-order chi connectivity index (χ1) is 10.9. The van der Waals surface area contributed by atoms with Crippen LogP contribution in [0.4, 0.5) is 0 Å². The smallest absolute Gasteiger partial charge is 0.167 e. The fraction of sp³-hybridized carbons (Fsp3) is 0.158. The standard InChI is InChI=1S/C19H16N2O/c1-3-8-14(9-4-1)17-18-16(12-7-13-22-18)20-19(21-17)15-10-5-2-6-11-15/h1-6,8-11H,7,12-13H2. The van der Waals surface area contributed by atoms with Crippen molar-refractivity contribution in [1.29, 1.82) is 0 Å². The zero-order valence-corrected chi connectivity index (χ0v) is 12.2. The second-order valence-electron chi connectivity index (χ2n) is 5.36. The number of fused-ring (bicyclic) bond motifs is 1. The minimum atomic E-state index is 0.737. The van der Waals surface area contributed by atoms with Crippen molar-refractivity contribution < 1.29 is 4.74 Å². The van der Waals surface area contributed by atoms with Gasteiger partial charge in [-0.15, -0.1) is 0 Å². The molecule has 1 aliphatic rings. The van der Waals surface area contributed by atoms with Crippen molar-refractivity contribution in [1.82, 2.24) is 9.97 Å². The van der Waals surface area contributed by atoms with Gasteiger partial charge in [-0.2, -0.15) is 0 Å². The second-order valence-corrected chi connectivity index (χ2v) is 5.36. The molecule has 0 aliphatic carbocycles. The van der Waals surface area contributed by atoms with Crippen LogP contribution in [0.25, 0.3) is 22.6 Å². The number of ether oxygens (including phenoxy) is 1. The zero-order chi connectivity index (χ0) is 14.8. The summed E-state index contributed by atoms with van der Waals surface area (Å²) in [5.41, 5.74) is 4.01. The van der Waals surface area contributed by atoms with Gasteiger partial charge in [0, 0.05) is 11.1 Å². The SMILES string of the molecule is c1ccc(-c2nc3c(c(-c4ccccc4)n2)OCCC3)cc1. The summed E-state index contributed by atoms with van der Waals surface area (Å²) in [5, 5.41) is 0. The topological polar surface area (TPSA) is 35.0 Å². The van der Waals surface area contributed by atoms with Crippen LogP contribution in [0.3, 0.4) is 0 Å². The van der Waals surface area contributed by atoms with E-state index in [4.69, 9.17) is 14.7 Å².